The fraction of sp³-hybridized carbons (Fsp3) is 0.222. The van der Waals surface area contributed by atoms with Gasteiger partial charge in [-0.3, -0.25) is 5.10 Å². The molecule has 8 heteroatoms. The lowest BCUT2D eigenvalue weighted by Crippen LogP contribution is -2.17. The summed E-state index contributed by atoms with van der Waals surface area (Å²) < 4.78 is 8.13. The Kier molecular flexibility index (Phi) is 6.19. The Morgan fingerprint density at radius 2 is 1.85 bits per heavy atom. The lowest BCUT2D eigenvalue weighted by atomic mass is 10.2. The third kappa shape index (κ3) is 4.38. The third-order valence-corrected chi connectivity index (χ3v) is 4.85. The molecule has 0 atom stereocenters. The van der Waals surface area contributed by atoms with Crippen LogP contribution in [-0.4, -0.2) is 14.9 Å². The van der Waals surface area contributed by atoms with Crippen molar-refractivity contribution in [1.29, 1.82) is 0 Å². The molecule has 0 aliphatic heterocycles. The molecule has 0 amide bonds. The highest BCUT2D eigenvalue weighted by molar-refractivity contribution is 7.71. The first-order chi connectivity index (χ1) is 12.6. The predicted octanol–water partition coefficient (Wildman–Crippen LogP) is 5.13. The second-order valence-electron chi connectivity index (χ2n) is 5.60. The number of aromatic nitrogens is 3. The smallest absolute Gasteiger partial charge is 0.214 e. The Balaban J connectivity index is 1.60. The number of hydrogen-bond donors (Lipinski definition) is 2. The van der Waals surface area contributed by atoms with Crippen LogP contribution in [0, 0.1) is 4.77 Å². The standard InChI is InChI=1S/C18H18Cl2N4OS/c1-2-17-22-23-18(26)24(17)21-10-12-6-8-13(9-7-12)25-11-14-15(19)4-3-5-16(14)20/h3-9,21H,2,10-11H2,1H3,(H,23,26). The van der Waals surface area contributed by atoms with Gasteiger partial charge >= 0.3 is 0 Å². The van der Waals surface area contributed by atoms with Gasteiger partial charge in [0.2, 0.25) is 4.77 Å². The van der Waals surface area contributed by atoms with Crippen molar-refractivity contribution in [2.45, 2.75) is 26.5 Å². The van der Waals surface area contributed by atoms with E-state index in [1.54, 1.807) is 16.8 Å². The molecular formula is C18H18Cl2N4OS. The second-order valence-corrected chi connectivity index (χ2v) is 6.80. The molecule has 136 valence electrons. The van der Waals surface area contributed by atoms with E-state index >= 15 is 0 Å². The first-order valence-corrected chi connectivity index (χ1v) is 9.29. The van der Waals surface area contributed by atoms with Crippen LogP contribution in [0.1, 0.15) is 23.9 Å². The number of ether oxygens (including phenoxy) is 1. The van der Waals surface area contributed by atoms with E-state index in [0.717, 1.165) is 29.1 Å². The van der Waals surface area contributed by atoms with Gasteiger partial charge in [-0.05, 0) is 42.0 Å². The number of hydrogen-bond acceptors (Lipinski definition) is 4. The van der Waals surface area contributed by atoms with E-state index in [2.05, 4.69) is 15.6 Å². The molecular weight excluding hydrogens is 391 g/mol. The van der Waals surface area contributed by atoms with Crippen LogP contribution in [-0.2, 0) is 19.6 Å². The monoisotopic (exact) mass is 408 g/mol. The number of rotatable bonds is 7. The Morgan fingerprint density at radius 3 is 2.50 bits per heavy atom. The van der Waals surface area contributed by atoms with Crippen molar-refractivity contribution >= 4 is 35.4 Å². The normalized spacial score (nSPS) is 10.7. The minimum Gasteiger partial charge on any atom is -0.489 e. The summed E-state index contributed by atoms with van der Waals surface area (Å²) in [5, 5.41) is 8.15. The van der Waals surface area contributed by atoms with E-state index in [9.17, 15) is 0 Å². The molecule has 0 unspecified atom stereocenters. The number of benzene rings is 2. The van der Waals surface area contributed by atoms with Gasteiger partial charge < -0.3 is 10.2 Å². The molecule has 26 heavy (non-hydrogen) atoms. The summed E-state index contributed by atoms with van der Waals surface area (Å²) in [6, 6.07) is 13.2. The second kappa shape index (κ2) is 8.58. The van der Waals surface area contributed by atoms with Crippen LogP contribution in [0.4, 0.5) is 0 Å². The molecule has 2 aromatic carbocycles. The molecule has 3 aromatic rings. The topological polar surface area (TPSA) is 54.9 Å². The first kappa shape index (κ1) is 18.8. The van der Waals surface area contributed by atoms with Crippen molar-refractivity contribution in [1.82, 2.24) is 14.9 Å². The Hall–Kier alpha value is -2.02. The van der Waals surface area contributed by atoms with Crippen LogP contribution >= 0.6 is 35.4 Å². The summed E-state index contributed by atoms with van der Waals surface area (Å²) in [7, 11) is 0. The summed E-state index contributed by atoms with van der Waals surface area (Å²) in [6.45, 7) is 2.97. The summed E-state index contributed by atoms with van der Waals surface area (Å²) in [6.07, 6.45) is 0.789. The van der Waals surface area contributed by atoms with Gasteiger partial charge in [-0.25, -0.2) is 4.68 Å². The molecule has 1 aromatic heterocycles. The minimum absolute atomic E-state index is 0.320. The lowest BCUT2D eigenvalue weighted by molar-refractivity contribution is 0.306. The zero-order valence-electron chi connectivity index (χ0n) is 14.1. The molecule has 1 heterocycles. The van der Waals surface area contributed by atoms with Crippen molar-refractivity contribution in [3.63, 3.8) is 0 Å². The van der Waals surface area contributed by atoms with E-state index < -0.39 is 0 Å². The van der Waals surface area contributed by atoms with Gasteiger partial charge in [-0.15, -0.1) is 0 Å². The van der Waals surface area contributed by atoms with E-state index in [4.69, 9.17) is 40.2 Å². The molecule has 3 rings (SSSR count). The fourth-order valence-corrected chi connectivity index (χ4v) is 3.15. The van der Waals surface area contributed by atoms with E-state index in [1.807, 2.05) is 37.3 Å². The SMILES string of the molecule is CCc1n[nH]c(=S)n1NCc1ccc(OCc2c(Cl)cccc2Cl)cc1. The number of H-pyrrole nitrogens is 1. The predicted molar refractivity (Wildman–Crippen MR) is 107 cm³/mol. The number of aromatic amines is 1. The van der Waals surface area contributed by atoms with Crippen LogP contribution in [0.25, 0.3) is 0 Å². The molecule has 0 bridgehead atoms. The van der Waals surface area contributed by atoms with Gasteiger partial charge in [0.25, 0.3) is 0 Å². The van der Waals surface area contributed by atoms with Crippen molar-refractivity contribution in [2.75, 3.05) is 5.43 Å². The lowest BCUT2D eigenvalue weighted by Gasteiger charge is -2.11. The maximum absolute atomic E-state index is 6.16. The van der Waals surface area contributed by atoms with Gasteiger partial charge in [-0.2, -0.15) is 5.10 Å². The molecule has 0 saturated carbocycles. The maximum Gasteiger partial charge on any atom is 0.214 e. The minimum atomic E-state index is 0.320. The highest BCUT2D eigenvalue weighted by atomic mass is 35.5. The van der Waals surface area contributed by atoms with Crippen LogP contribution in [0.15, 0.2) is 42.5 Å². The average Bonchev–Trinajstić information content (AvgIpc) is 3.00. The Morgan fingerprint density at radius 1 is 1.15 bits per heavy atom. The first-order valence-electron chi connectivity index (χ1n) is 8.13. The summed E-state index contributed by atoms with van der Waals surface area (Å²) in [4.78, 5) is 0. The number of aryl methyl sites for hydroxylation is 1. The van der Waals surface area contributed by atoms with Gasteiger partial charge in [0, 0.05) is 22.0 Å². The maximum atomic E-state index is 6.16. The quantitative estimate of drug-likeness (QED) is 0.531. The Bertz CT molecular complexity index is 917. The zero-order chi connectivity index (χ0) is 18.5. The highest BCUT2D eigenvalue weighted by Crippen LogP contribution is 2.26. The number of halogens is 2. The molecule has 2 N–H and O–H groups in total. The van der Waals surface area contributed by atoms with E-state index in [0.29, 0.717) is 28.0 Å². The fourth-order valence-electron chi connectivity index (χ4n) is 2.43. The highest BCUT2D eigenvalue weighted by Gasteiger charge is 2.07. The van der Waals surface area contributed by atoms with Gasteiger partial charge in [0.15, 0.2) is 5.82 Å². The van der Waals surface area contributed by atoms with Crippen LogP contribution in [0.2, 0.25) is 10.0 Å². The average molecular weight is 409 g/mol. The molecule has 0 spiro atoms. The summed E-state index contributed by atoms with van der Waals surface area (Å²) >= 11 is 17.5. The summed E-state index contributed by atoms with van der Waals surface area (Å²) in [5.74, 6) is 1.62. The van der Waals surface area contributed by atoms with Crippen LogP contribution in [0.5, 0.6) is 5.75 Å². The van der Waals surface area contributed by atoms with Gasteiger partial charge in [0.05, 0.1) is 6.54 Å². The van der Waals surface area contributed by atoms with E-state index in [1.165, 1.54) is 0 Å². The Labute approximate surface area is 166 Å². The molecule has 0 saturated heterocycles. The summed E-state index contributed by atoms with van der Waals surface area (Å²) in [5.41, 5.74) is 5.14. The molecule has 0 aliphatic carbocycles. The van der Waals surface area contributed by atoms with Crippen molar-refractivity contribution in [3.05, 3.63) is 74.2 Å². The molecule has 0 radical (unpaired) electrons. The van der Waals surface area contributed by atoms with Crippen molar-refractivity contribution < 1.29 is 4.74 Å². The van der Waals surface area contributed by atoms with Gasteiger partial charge in [0.1, 0.15) is 12.4 Å². The van der Waals surface area contributed by atoms with Crippen LogP contribution in [0.3, 0.4) is 0 Å². The van der Waals surface area contributed by atoms with Crippen molar-refractivity contribution in [3.8, 4) is 5.75 Å². The van der Waals surface area contributed by atoms with E-state index in [-0.39, 0.29) is 0 Å². The van der Waals surface area contributed by atoms with Crippen molar-refractivity contribution in [2.24, 2.45) is 0 Å². The third-order valence-electron chi connectivity index (χ3n) is 3.87. The molecule has 5 nitrogen and oxygen atoms in total. The zero-order valence-corrected chi connectivity index (χ0v) is 16.5. The van der Waals surface area contributed by atoms with Gasteiger partial charge in [-0.1, -0.05) is 48.3 Å². The van der Waals surface area contributed by atoms with Crippen LogP contribution < -0.4 is 10.2 Å². The largest absolute Gasteiger partial charge is 0.489 e. The number of nitrogens with zero attached hydrogens (tertiary/aromatic N) is 2. The molecule has 0 fully saturated rings. The molecule has 0 aliphatic rings. The number of nitrogens with one attached hydrogen (secondary N) is 2.